The molecule has 49 heavy (non-hydrogen) atoms. The SMILES string of the molecule is Cc1cc(C)c(C)c(-c2cccc(-c3c(C)c(C)cc(C)c3C)c2P2C(c3c(C)cccc3C)CC(=O)CC2c2c(C)cccc2C)c1C. The molecule has 5 aromatic rings. The molecule has 5 aromatic carbocycles. The molecular formula is C47H53OP. The predicted molar refractivity (Wildman–Crippen MR) is 213 cm³/mol. The quantitative estimate of drug-likeness (QED) is 0.171. The fourth-order valence-electron chi connectivity index (χ4n) is 8.90. The number of carbonyl (C=O) groups is 1. The molecule has 0 amide bonds. The van der Waals surface area contributed by atoms with Gasteiger partial charge in [-0.05, 0) is 189 Å². The number of hydrogen-bond acceptors (Lipinski definition) is 1. The Morgan fingerprint density at radius 1 is 0.449 bits per heavy atom. The molecule has 1 saturated heterocycles. The number of aryl methyl sites for hydroxylation is 8. The van der Waals surface area contributed by atoms with Crippen LogP contribution in [0.2, 0.25) is 0 Å². The number of carbonyl (C=O) groups excluding carboxylic acids is 1. The first-order chi connectivity index (χ1) is 23.2. The fourth-order valence-corrected chi connectivity index (χ4v) is 13.1. The molecule has 2 heteroatoms. The van der Waals surface area contributed by atoms with Crippen molar-refractivity contribution < 1.29 is 4.79 Å². The Morgan fingerprint density at radius 3 is 1.08 bits per heavy atom. The molecule has 2 unspecified atom stereocenters. The molecule has 1 aliphatic rings. The van der Waals surface area contributed by atoms with E-state index >= 15 is 0 Å². The third kappa shape index (κ3) is 6.04. The Morgan fingerprint density at radius 2 is 0.755 bits per heavy atom. The van der Waals surface area contributed by atoms with E-state index in [4.69, 9.17) is 0 Å². The second kappa shape index (κ2) is 13.5. The molecule has 0 radical (unpaired) electrons. The van der Waals surface area contributed by atoms with Crippen molar-refractivity contribution in [2.45, 2.75) is 107 Å². The summed E-state index contributed by atoms with van der Waals surface area (Å²) in [4.78, 5) is 14.2. The van der Waals surface area contributed by atoms with Gasteiger partial charge in [0.05, 0.1) is 0 Å². The van der Waals surface area contributed by atoms with Crippen molar-refractivity contribution in [2.75, 3.05) is 0 Å². The average Bonchev–Trinajstić information content (AvgIpc) is 3.03. The molecule has 0 aromatic heterocycles. The molecule has 0 aliphatic carbocycles. The van der Waals surface area contributed by atoms with Crippen molar-refractivity contribution in [2.24, 2.45) is 0 Å². The molecule has 0 N–H and O–H groups in total. The van der Waals surface area contributed by atoms with E-state index in [2.05, 4.69) is 150 Å². The summed E-state index contributed by atoms with van der Waals surface area (Å²) in [5.74, 6) is 0.385. The number of ketones is 1. The minimum atomic E-state index is -0.935. The van der Waals surface area contributed by atoms with Crippen LogP contribution in [-0.2, 0) is 4.79 Å². The molecular weight excluding hydrogens is 611 g/mol. The molecule has 1 heterocycles. The van der Waals surface area contributed by atoms with Crippen LogP contribution in [0.1, 0.15) is 102 Å². The lowest BCUT2D eigenvalue weighted by Crippen LogP contribution is -2.27. The molecule has 1 nitrogen and oxygen atoms in total. The molecule has 252 valence electrons. The van der Waals surface area contributed by atoms with Gasteiger partial charge in [0.15, 0.2) is 0 Å². The van der Waals surface area contributed by atoms with E-state index in [0.29, 0.717) is 18.6 Å². The topological polar surface area (TPSA) is 17.1 Å². The Labute approximate surface area is 297 Å². The van der Waals surface area contributed by atoms with E-state index in [1.54, 1.807) is 0 Å². The van der Waals surface area contributed by atoms with Gasteiger partial charge in [-0.2, -0.15) is 0 Å². The molecule has 1 fully saturated rings. The lowest BCUT2D eigenvalue weighted by atomic mass is 9.85. The zero-order valence-electron chi connectivity index (χ0n) is 31.8. The Hall–Kier alpha value is -3.80. The molecule has 2 atom stereocenters. The maximum Gasteiger partial charge on any atom is 0.134 e. The van der Waals surface area contributed by atoms with Gasteiger partial charge in [0, 0.05) is 24.2 Å². The highest BCUT2D eigenvalue weighted by Gasteiger charge is 2.43. The molecule has 6 rings (SSSR count). The third-order valence-corrected chi connectivity index (χ3v) is 15.1. The Bertz CT molecular complexity index is 1890. The van der Waals surface area contributed by atoms with Gasteiger partial charge in [-0.25, -0.2) is 0 Å². The van der Waals surface area contributed by atoms with Crippen molar-refractivity contribution in [3.63, 3.8) is 0 Å². The van der Waals surface area contributed by atoms with E-state index in [-0.39, 0.29) is 11.3 Å². The number of hydrogen-bond donors (Lipinski definition) is 0. The molecule has 0 spiro atoms. The third-order valence-electron chi connectivity index (χ3n) is 11.8. The van der Waals surface area contributed by atoms with Crippen LogP contribution in [0.15, 0.2) is 66.7 Å². The van der Waals surface area contributed by atoms with Gasteiger partial charge in [0.2, 0.25) is 0 Å². The van der Waals surface area contributed by atoms with Crippen LogP contribution >= 0.6 is 7.92 Å². The summed E-state index contributed by atoms with van der Waals surface area (Å²) in [7, 11) is -0.935. The van der Waals surface area contributed by atoms with Crippen LogP contribution < -0.4 is 5.30 Å². The second-order valence-electron chi connectivity index (χ2n) is 15.0. The Balaban J connectivity index is 1.85. The van der Waals surface area contributed by atoms with Gasteiger partial charge in [-0.15, -0.1) is 0 Å². The first-order valence-corrected chi connectivity index (χ1v) is 19.4. The molecule has 0 saturated carbocycles. The van der Waals surface area contributed by atoms with Gasteiger partial charge >= 0.3 is 0 Å². The van der Waals surface area contributed by atoms with Crippen molar-refractivity contribution in [1.29, 1.82) is 0 Å². The summed E-state index contributed by atoms with van der Waals surface area (Å²) in [6.07, 6.45) is 1.17. The van der Waals surface area contributed by atoms with E-state index < -0.39 is 7.92 Å². The zero-order valence-corrected chi connectivity index (χ0v) is 32.7. The Kier molecular flexibility index (Phi) is 9.65. The number of benzene rings is 5. The second-order valence-corrected chi connectivity index (χ2v) is 17.5. The van der Waals surface area contributed by atoms with E-state index in [1.165, 1.54) is 105 Å². The maximum atomic E-state index is 14.2. The van der Waals surface area contributed by atoms with Crippen molar-refractivity contribution in [1.82, 2.24) is 0 Å². The van der Waals surface area contributed by atoms with Crippen molar-refractivity contribution in [3.05, 3.63) is 145 Å². The van der Waals surface area contributed by atoms with E-state index in [1.807, 2.05) is 0 Å². The number of Topliss-reactive ketones (excluding diaryl/α,β-unsaturated/α-hetero) is 1. The highest BCUT2D eigenvalue weighted by Crippen LogP contribution is 2.69. The maximum absolute atomic E-state index is 14.2. The smallest absolute Gasteiger partial charge is 0.134 e. The van der Waals surface area contributed by atoms with Crippen molar-refractivity contribution in [3.8, 4) is 22.3 Å². The first-order valence-electron chi connectivity index (χ1n) is 17.9. The van der Waals surface area contributed by atoms with Crippen LogP contribution in [0.5, 0.6) is 0 Å². The standard InChI is InChI=1S/C47H53OP/c1-26-16-13-17-27(2)43(26)41-24-38(48)25-42(44-28(3)18-14-19-29(44)4)49(41)47-39(45-34(9)30(5)22-31(6)35(45)10)20-15-21-40(47)46-36(11)32(7)23-33(8)37(46)12/h13-23,41-42H,24-25H2,1-12H3. The lowest BCUT2D eigenvalue weighted by Gasteiger charge is -2.43. The minimum Gasteiger partial charge on any atom is -0.300 e. The molecule has 1 aliphatic heterocycles. The summed E-state index contributed by atoms with van der Waals surface area (Å²) in [6, 6.07) is 25.2. The van der Waals surface area contributed by atoms with Crippen LogP contribution in [0.4, 0.5) is 0 Å². The zero-order chi connectivity index (χ0) is 35.5. The summed E-state index contributed by atoms with van der Waals surface area (Å²) in [6.45, 7) is 27.3. The van der Waals surface area contributed by atoms with Crippen LogP contribution in [0, 0.1) is 83.1 Å². The van der Waals surface area contributed by atoms with Gasteiger partial charge < -0.3 is 0 Å². The summed E-state index contributed by atoms with van der Waals surface area (Å²) >= 11 is 0. The van der Waals surface area contributed by atoms with E-state index in [0.717, 1.165) is 0 Å². The monoisotopic (exact) mass is 664 g/mol. The van der Waals surface area contributed by atoms with Crippen LogP contribution in [0.3, 0.4) is 0 Å². The number of rotatable bonds is 5. The minimum absolute atomic E-state index is 0.111. The van der Waals surface area contributed by atoms with Crippen LogP contribution in [-0.4, -0.2) is 5.78 Å². The van der Waals surface area contributed by atoms with Gasteiger partial charge in [-0.3, -0.25) is 4.79 Å². The highest BCUT2D eigenvalue weighted by atomic mass is 31.1. The lowest BCUT2D eigenvalue weighted by molar-refractivity contribution is -0.119. The van der Waals surface area contributed by atoms with Gasteiger partial charge in [-0.1, -0.05) is 74.7 Å². The first kappa shape index (κ1) is 35.0. The molecule has 0 bridgehead atoms. The summed E-state index contributed by atoms with van der Waals surface area (Å²) < 4.78 is 0. The van der Waals surface area contributed by atoms with Crippen LogP contribution in [0.25, 0.3) is 22.3 Å². The average molecular weight is 665 g/mol. The van der Waals surface area contributed by atoms with Gasteiger partial charge in [0.1, 0.15) is 5.78 Å². The predicted octanol–water partition coefficient (Wildman–Crippen LogP) is 12.7. The van der Waals surface area contributed by atoms with Crippen molar-refractivity contribution >= 4 is 19.0 Å². The fraction of sp³-hybridized carbons (Fsp3) is 0.340. The van der Waals surface area contributed by atoms with Gasteiger partial charge in [0.25, 0.3) is 0 Å². The largest absolute Gasteiger partial charge is 0.300 e. The summed E-state index contributed by atoms with van der Waals surface area (Å²) in [5.41, 5.74) is 24.3. The highest BCUT2D eigenvalue weighted by molar-refractivity contribution is 7.67. The van der Waals surface area contributed by atoms with E-state index in [9.17, 15) is 4.79 Å². The normalized spacial score (nSPS) is 17.9. The summed E-state index contributed by atoms with van der Waals surface area (Å²) in [5, 5.41) is 1.47.